The third-order valence-electron chi connectivity index (χ3n) is 15.5. The molecule has 0 saturated heterocycles. The van der Waals surface area contributed by atoms with Crippen molar-refractivity contribution in [3.63, 3.8) is 0 Å². The van der Waals surface area contributed by atoms with Gasteiger partial charge in [0.15, 0.2) is 0 Å². The van der Waals surface area contributed by atoms with Gasteiger partial charge in [-0.2, -0.15) is 0 Å². The maximum absolute atomic E-state index is 6.30. The molecule has 0 atom stereocenters. The third kappa shape index (κ3) is 6.64. The number of benzene rings is 12. The van der Waals surface area contributed by atoms with E-state index in [0.29, 0.717) is 0 Å². The molecule has 0 radical (unpaired) electrons. The first kappa shape index (κ1) is 42.4. The molecule has 74 heavy (non-hydrogen) atoms. The van der Waals surface area contributed by atoms with Gasteiger partial charge in [-0.15, -0.1) is 11.3 Å². The Hall–Kier alpha value is -9.28. The van der Waals surface area contributed by atoms with E-state index < -0.39 is 5.41 Å². The number of furan rings is 1. The molecule has 0 N–H and O–H groups in total. The quantitative estimate of drug-likeness (QED) is 0.151. The van der Waals surface area contributed by atoms with Crippen LogP contribution in [0.1, 0.15) is 22.3 Å². The summed E-state index contributed by atoms with van der Waals surface area (Å²) < 4.78 is 8.91. The molecule has 1 aliphatic carbocycles. The number of fused-ring (bicyclic) bond motifs is 10. The molecule has 12 aromatic carbocycles. The van der Waals surface area contributed by atoms with Gasteiger partial charge in [-0.1, -0.05) is 188 Å². The molecule has 2 heterocycles. The lowest BCUT2D eigenvalue weighted by molar-refractivity contribution is 0.669. The van der Waals surface area contributed by atoms with E-state index in [1.54, 1.807) is 0 Å². The zero-order valence-electron chi connectivity index (χ0n) is 40.2. The van der Waals surface area contributed by atoms with Crippen molar-refractivity contribution in [2.75, 3.05) is 4.90 Å². The Bertz CT molecular complexity index is 4310. The van der Waals surface area contributed by atoms with Gasteiger partial charge in [0.2, 0.25) is 0 Å². The van der Waals surface area contributed by atoms with Crippen molar-refractivity contribution in [1.82, 2.24) is 0 Å². The summed E-state index contributed by atoms with van der Waals surface area (Å²) in [6.45, 7) is 0. The normalized spacial score (nSPS) is 12.7. The summed E-state index contributed by atoms with van der Waals surface area (Å²) in [7, 11) is 0. The molecule has 2 aromatic heterocycles. The maximum Gasteiger partial charge on any atom is 0.135 e. The Labute approximate surface area is 433 Å². The van der Waals surface area contributed by atoms with Crippen molar-refractivity contribution in [2.24, 2.45) is 0 Å². The average molecular weight is 960 g/mol. The van der Waals surface area contributed by atoms with Gasteiger partial charge in [-0.05, 0) is 157 Å². The van der Waals surface area contributed by atoms with Crippen LogP contribution in [-0.4, -0.2) is 0 Å². The van der Waals surface area contributed by atoms with Crippen LogP contribution >= 0.6 is 11.3 Å². The van der Waals surface area contributed by atoms with Gasteiger partial charge < -0.3 is 9.32 Å². The van der Waals surface area contributed by atoms with Crippen molar-refractivity contribution in [3.8, 4) is 44.5 Å². The fourth-order valence-corrected chi connectivity index (χ4v) is 13.2. The molecule has 15 rings (SSSR count). The van der Waals surface area contributed by atoms with Crippen molar-refractivity contribution >= 4 is 81.3 Å². The molecule has 2 nitrogen and oxygen atoms in total. The first-order chi connectivity index (χ1) is 36.7. The standard InChI is InChI=1S/C71H45NOS/c1-3-18-53(19-4-1)71(54-20-5-2-6-21-54)64-26-12-9-23-58(64)59-37-36-56(45-65(59)71)72(66-27-15-17-47-16-7-8-22-57(47)66)55-34-30-46(31-35-55)50-40-51(48-32-38-68-62(43-48)60-24-10-13-28-67(60)73-68)42-52(41-50)49-33-39-70-63(44-49)61-25-11-14-29-69(61)74-70/h1-45H. The van der Waals surface area contributed by atoms with E-state index in [-0.39, 0.29) is 0 Å². The second-order valence-electron chi connectivity index (χ2n) is 19.6. The van der Waals surface area contributed by atoms with Gasteiger partial charge in [0.1, 0.15) is 11.2 Å². The molecule has 0 saturated carbocycles. The van der Waals surface area contributed by atoms with E-state index in [2.05, 4.69) is 272 Å². The van der Waals surface area contributed by atoms with Crippen molar-refractivity contribution in [3.05, 3.63) is 295 Å². The number of anilines is 3. The van der Waals surface area contributed by atoms with E-state index in [9.17, 15) is 0 Å². The Balaban J connectivity index is 0.910. The molecule has 0 amide bonds. The number of nitrogens with zero attached hydrogens (tertiary/aromatic N) is 1. The summed E-state index contributed by atoms with van der Waals surface area (Å²) in [4.78, 5) is 2.46. The predicted octanol–water partition coefficient (Wildman–Crippen LogP) is 19.9. The van der Waals surface area contributed by atoms with Gasteiger partial charge in [0.05, 0.1) is 11.1 Å². The van der Waals surface area contributed by atoms with Crippen LogP contribution in [0.25, 0.3) is 97.4 Å². The topological polar surface area (TPSA) is 16.4 Å². The maximum atomic E-state index is 6.30. The second-order valence-corrected chi connectivity index (χ2v) is 20.6. The van der Waals surface area contributed by atoms with Gasteiger partial charge >= 0.3 is 0 Å². The summed E-state index contributed by atoms with van der Waals surface area (Å²) in [6, 6.07) is 101. The van der Waals surface area contributed by atoms with Crippen LogP contribution in [0.15, 0.2) is 277 Å². The summed E-state index contributed by atoms with van der Waals surface area (Å²) >= 11 is 1.86. The Kier molecular flexibility index (Phi) is 9.70. The highest BCUT2D eigenvalue weighted by atomic mass is 32.1. The Morgan fingerprint density at radius 1 is 0.311 bits per heavy atom. The lowest BCUT2D eigenvalue weighted by Gasteiger charge is -2.35. The van der Waals surface area contributed by atoms with Crippen molar-refractivity contribution < 1.29 is 4.42 Å². The average Bonchev–Trinajstić information content (AvgIpc) is 4.15. The highest BCUT2D eigenvalue weighted by Gasteiger charge is 2.46. The molecule has 1 aliphatic rings. The molecule has 0 unspecified atom stereocenters. The summed E-state index contributed by atoms with van der Waals surface area (Å²) in [5, 5.41) is 7.22. The minimum absolute atomic E-state index is 0.530. The van der Waals surface area contributed by atoms with Crippen LogP contribution in [0.2, 0.25) is 0 Å². The van der Waals surface area contributed by atoms with Gasteiger partial charge in [-0.25, -0.2) is 0 Å². The molecule has 14 aromatic rings. The lowest BCUT2D eigenvalue weighted by atomic mass is 9.67. The van der Waals surface area contributed by atoms with Gasteiger partial charge in [0.25, 0.3) is 0 Å². The van der Waals surface area contributed by atoms with E-state index >= 15 is 0 Å². The van der Waals surface area contributed by atoms with E-state index in [1.807, 2.05) is 17.4 Å². The van der Waals surface area contributed by atoms with E-state index in [4.69, 9.17) is 4.42 Å². The van der Waals surface area contributed by atoms with Crippen LogP contribution in [0.3, 0.4) is 0 Å². The van der Waals surface area contributed by atoms with Crippen LogP contribution in [-0.2, 0) is 5.41 Å². The van der Waals surface area contributed by atoms with Crippen LogP contribution in [0, 0.1) is 0 Å². The number of hydrogen-bond donors (Lipinski definition) is 0. The highest BCUT2D eigenvalue weighted by Crippen LogP contribution is 2.57. The number of thiophene rings is 1. The molecule has 346 valence electrons. The molecule has 0 bridgehead atoms. The van der Waals surface area contributed by atoms with Crippen LogP contribution in [0.5, 0.6) is 0 Å². The van der Waals surface area contributed by atoms with Crippen molar-refractivity contribution in [2.45, 2.75) is 5.41 Å². The van der Waals surface area contributed by atoms with Gasteiger partial charge in [0, 0.05) is 47.7 Å². The number of hydrogen-bond acceptors (Lipinski definition) is 3. The molecule has 3 heteroatoms. The van der Waals surface area contributed by atoms with Gasteiger partial charge in [-0.3, -0.25) is 0 Å². The molecular formula is C71H45NOS. The van der Waals surface area contributed by atoms with Crippen LogP contribution in [0.4, 0.5) is 17.1 Å². The van der Waals surface area contributed by atoms with E-state index in [1.165, 1.54) is 75.5 Å². The SMILES string of the molecule is c1ccc(C2(c3ccccc3)c3ccccc3-c3ccc(N(c4ccc(-c5cc(-c6ccc7oc8ccccc8c7c6)cc(-c6ccc7sc8ccccc8c7c6)c5)cc4)c4cccc5ccccc45)cc32)cc1. The lowest BCUT2D eigenvalue weighted by Crippen LogP contribution is -2.28. The number of para-hydroxylation sites is 1. The smallest absolute Gasteiger partial charge is 0.135 e. The monoisotopic (exact) mass is 959 g/mol. The zero-order chi connectivity index (χ0) is 48.7. The minimum Gasteiger partial charge on any atom is -0.456 e. The molecule has 0 aliphatic heterocycles. The van der Waals surface area contributed by atoms with Crippen LogP contribution < -0.4 is 4.90 Å². The Morgan fingerprint density at radius 3 is 1.65 bits per heavy atom. The summed E-state index contributed by atoms with van der Waals surface area (Å²) in [6.07, 6.45) is 0. The molecular weight excluding hydrogens is 915 g/mol. The van der Waals surface area contributed by atoms with Crippen molar-refractivity contribution in [1.29, 1.82) is 0 Å². The Morgan fingerprint density at radius 2 is 0.865 bits per heavy atom. The fraction of sp³-hybridized carbons (Fsp3) is 0.0141. The molecule has 0 fully saturated rings. The minimum atomic E-state index is -0.530. The highest BCUT2D eigenvalue weighted by molar-refractivity contribution is 7.25. The third-order valence-corrected chi connectivity index (χ3v) is 16.7. The summed E-state index contributed by atoms with van der Waals surface area (Å²) in [5.41, 5.74) is 19.1. The second kappa shape index (κ2) is 16.9. The predicted molar refractivity (Wildman–Crippen MR) is 312 cm³/mol. The number of rotatable bonds is 8. The summed E-state index contributed by atoms with van der Waals surface area (Å²) in [5.74, 6) is 0. The largest absolute Gasteiger partial charge is 0.456 e. The first-order valence-corrected chi connectivity index (χ1v) is 26.2. The van der Waals surface area contributed by atoms with E-state index in [0.717, 1.165) is 61.3 Å². The first-order valence-electron chi connectivity index (χ1n) is 25.4. The zero-order valence-corrected chi connectivity index (χ0v) is 41.1. The molecule has 0 spiro atoms. The fourth-order valence-electron chi connectivity index (χ4n) is 12.1.